The molecule has 7 nitrogen and oxygen atoms in total. The molecule has 1 aromatic carbocycles. The van der Waals surface area contributed by atoms with Gasteiger partial charge in [0.1, 0.15) is 11.5 Å². The van der Waals surface area contributed by atoms with Crippen molar-refractivity contribution >= 4 is 33.0 Å². The molecule has 1 aromatic heterocycles. The number of amides is 1. The van der Waals surface area contributed by atoms with Gasteiger partial charge in [0.25, 0.3) is 0 Å². The van der Waals surface area contributed by atoms with E-state index in [2.05, 4.69) is 0 Å². The lowest BCUT2D eigenvalue weighted by atomic mass is 10.0. The van der Waals surface area contributed by atoms with E-state index < -0.39 is 15.9 Å². The molecule has 144 valence electrons. The smallest absolute Gasteiger partial charge is 0.241 e. The van der Waals surface area contributed by atoms with Crippen molar-refractivity contribution in [1.29, 1.82) is 0 Å². The Morgan fingerprint density at radius 3 is 2.70 bits per heavy atom. The fourth-order valence-corrected chi connectivity index (χ4v) is 6.11. The van der Waals surface area contributed by atoms with Crippen LogP contribution in [0.15, 0.2) is 41.0 Å². The molecule has 2 atom stereocenters. The Balaban J connectivity index is 1.68. The summed E-state index contributed by atoms with van der Waals surface area (Å²) in [5.74, 6) is 0.987. The fraction of sp³-hybridized carbons (Fsp3) is 0.389. The molecule has 9 heteroatoms. The summed E-state index contributed by atoms with van der Waals surface area (Å²) in [4.78, 5) is 16.4. The van der Waals surface area contributed by atoms with Gasteiger partial charge in [-0.1, -0.05) is 11.6 Å². The highest BCUT2D eigenvalue weighted by molar-refractivity contribution is 7.91. The number of sulfone groups is 1. The molecular formula is C18H19ClN2O5S. The standard InChI is InChI=1S/C18H19ClN2O5S/c1-25-17-5-4-12(7-14(17)19)21-16-11-27(23,24)10-15(16)20(9-18(21)22)8-13-3-2-6-26-13/h2-7,15-16H,8-11H2,1H3. The molecule has 1 amide bonds. The van der Waals surface area contributed by atoms with E-state index in [0.717, 1.165) is 0 Å². The third kappa shape index (κ3) is 3.44. The number of nitrogens with zero attached hydrogens (tertiary/aromatic N) is 2. The fourth-order valence-electron chi connectivity index (χ4n) is 3.87. The molecule has 0 aliphatic carbocycles. The summed E-state index contributed by atoms with van der Waals surface area (Å²) in [6, 6.07) is 7.89. The van der Waals surface area contributed by atoms with Gasteiger partial charge in [-0.05, 0) is 30.3 Å². The minimum Gasteiger partial charge on any atom is -0.495 e. The number of hydrogen-bond acceptors (Lipinski definition) is 6. The second-order valence-corrected chi connectivity index (χ2v) is 9.34. The zero-order valence-corrected chi connectivity index (χ0v) is 16.2. The first-order chi connectivity index (χ1) is 12.9. The third-order valence-corrected chi connectivity index (χ3v) is 7.05. The highest BCUT2D eigenvalue weighted by Crippen LogP contribution is 2.35. The second kappa shape index (κ2) is 6.85. The SMILES string of the molecule is COc1ccc(N2C(=O)CN(Cc3ccco3)C3CS(=O)(=O)CC32)cc1Cl. The lowest BCUT2D eigenvalue weighted by molar-refractivity contribution is -0.123. The van der Waals surface area contributed by atoms with Gasteiger partial charge < -0.3 is 14.1 Å². The summed E-state index contributed by atoms with van der Waals surface area (Å²) in [7, 11) is -1.74. The van der Waals surface area contributed by atoms with Crippen molar-refractivity contribution in [3.63, 3.8) is 0 Å². The Labute approximate surface area is 162 Å². The molecule has 2 fully saturated rings. The molecule has 2 aromatic rings. The summed E-state index contributed by atoms with van der Waals surface area (Å²) in [5, 5.41) is 0.373. The number of benzene rings is 1. The zero-order chi connectivity index (χ0) is 19.2. The van der Waals surface area contributed by atoms with Gasteiger partial charge in [0.05, 0.1) is 49.0 Å². The van der Waals surface area contributed by atoms with E-state index in [1.54, 1.807) is 35.4 Å². The lowest BCUT2D eigenvalue weighted by Gasteiger charge is -2.43. The normalized spacial score (nSPS) is 24.8. The van der Waals surface area contributed by atoms with E-state index in [-0.39, 0.29) is 30.0 Å². The van der Waals surface area contributed by atoms with E-state index in [4.69, 9.17) is 20.8 Å². The summed E-state index contributed by atoms with van der Waals surface area (Å²) >= 11 is 6.21. The maximum Gasteiger partial charge on any atom is 0.241 e. The first-order valence-electron chi connectivity index (χ1n) is 8.50. The van der Waals surface area contributed by atoms with Gasteiger partial charge in [-0.25, -0.2) is 8.42 Å². The molecule has 0 N–H and O–H groups in total. The van der Waals surface area contributed by atoms with Crippen LogP contribution in [-0.2, 0) is 21.2 Å². The minimum absolute atomic E-state index is 0.0199. The predicted octanol–water partition coefficient (Wildman–Crippen LogP) is 1.96. The summed E-state index contributed by atoms with van der Waals surface area (Å²) < 4.78 is 35.3. The first kappa shape index (κ1) is 18.3. The Morgan fingerprint density at radius 1 is 1.26 bits per heavy atom. The average Bonchev–Trinajstić information content (AvgIpc) is 3.21. The van der Waals surface area contributed by atoms with Gasteiger partial charge in [-0.15, -0.1) is 0 Å². The van der Waals surface area contributed by atoms with E-state index in [1.165, 1.54) is 7.11 Å². The molecule has 0 bridgehead atoms. The first-order valence-corrected chi connectivity index (χ1v) is 10.7. The van der Waals surface area contributed by atoms with Gasteiger partial charge in [-0.2, -0.15) is 0 Å². The largest absolute Gasteiger partial charge is 0.495 e. The van der Waals surface area contributed by atoms with Gasteiger partial charge in [0.2, 0.25) is 5.91 Å². The van der Waals surface area contributed by atoms with Crippen LogP contribution in [0.5, 0.6) is 5.75 Å². The number of carbonyl (C=O) groups excluding carboxylic acids is 1. The summed E-state index contributed by atoms with van der Waals surface area (Å²) in [6.07, 6.45) is 1.57. The van der Waals surface area contributed by atoms with Crippen LogP contribution in [0, 0.1) is 0 Å². The van der Waals surface area contributed by atoms with Crippen molar-refractivity contribution in [3.8, 4) is 5.75 Å². The molecule has 2 saturated heterocycles. The maximum absolute atomic E-state index is 12.9. The molecule has 2 unspecified atom stereocenters. The molecule has 0 saturated carbocycles. The number of piperazine rings is 1. The molecule has 0 spiro atoms. The number of anilines is 1. The quantitative estimate of drug-likeness (QED) is 0.766. The van der Waals surface area contributed by atoms with Crippen molar-refractivity contribution in [1.82, 2.24) is 4.90 Å². The molecule has 2 aliphatic heterocycles. The van der Waals surface area contributed by atoms with Crippen LogP contribution in [0.1, 0.15) is 5.76 Å². The Kier molecular flexibility index (Phi) is 4.65. The van der Waals surface area contributed by atoms with Crippen LogP contribution in [0.3, 0.4) is 0 Å². The van der Waals surface area contributed by atoms with Crippen LogP contribution < -0.4 is 9.64 Å². The van der Waals surface area contributed by atoms with E-state index in [0.29, 0.717) is 28.8 Å². The van der Waals surface area contributed by atoms with Gasteiger partial charge in [0, 0.05) is 11.7 Å². The van der Waals surface area contributed by atoms with Crippen LogP contribution in [0.2, 0.25) is 5.02 Å². The van der Waals surface area contributed by atoms with Gasteiger partial charge in [-0.3, -0.25) is 9.69 Å². The maximum atomic E-state index is 12.9. The molecule has 3 heterocycles. The number of methoxy groups -OCH3 is 1. The van der Waals surface area contributed by atoms with Crippen LogP contribution >= 0.6 is 11.6 Å². The lowest BCUT2D eigenvalue weighted by Crippen LogP contribution is -2.61. The number of ether oxygens (including phenoxy) is 1. The molecule has 4 rings (SSSR count). The van der Waals surface area contributed by atoms with Crippen molar-refractivity contribution in [2.45, 2.75) is 18.6 Å². The second-order valence-electron chi connectivity index (χ2n) is 6.78. The highest BCUT2D eigenvalue weighted by atomic mass is 35.5. The molecule has 2 aliphatic rings. The average molecular weight is 411 g/mol. The van der Waals surface area contributed by atoms with E-state index in [1.807, 2.05) is 11.0 Å². The Bertz CT molecular complexity index is 960. The Hall–Kier alpha value is -2.03. The topological polar surface area (TPSA) is 80.1 Å². The number of carbonyl (C=O) groups is 1. The molecule has 0 radical (unpaired) electrons. The van der Waals surface area contributed by atoms with E-state index in [9.17, 15) is 13.2 Å². The zero-order valence-electron chi connectivity index (χ0n) is 14.7. The predicted molar refractivity (Wildman–Crippen MR) is 101 cm³/mol. The number of halogens is 1. The number of rotatable bonds is 4. The summed E-state index contributed by atoms with van der Waals surface area (Å²) in [6.45, 7) is 0.508. The van der Waals surface area contributed by atoms with Crippen molar-refractivity contribution < 1.29 is 22.4 Å². The van der Waals surface area contributed by atoms with Gasteiger partial charge in [0.15, 0.2) is 9.84 Å². The summed E-state index contributed by atoms with van der Waals surface area (Å²) in [5.41, 5.74) is 0.579. The van der Waals surface area contributed by atoms with Crippen LogP contribution in [-0.4, -0.2) is 56.5 Å². The van der Waals surface area contributed by atoms with E-state index >= 15 is 0 Å². The third-order valence-electron chi connectivity index (χ3n) is 5.05. The van der Waals surface area contributed by atoms with Gasteiger partial charge >= 0.3 is 0 Å². The number of fused-ring (bicyclic) bond motifs is 1. The van der Waals surface area contributed by atoms with Crippen LogP contribution in [0.4, 0.5) is 5.69 Å². The van der Waals surface area contributed by atoms with Crippen LogP contribution in [0.25, 0.3) is 0 Å². The number of furan rings is 1. The van der Waals surface area contributed by atoms with Crippen molar-refractivity contribution in [3.05, 3.63) is 47.4 Å². The number of hydrogen-bond donors (Lipinski definition) is 0. The monoisotopic (exact) mass is 410 g/mol. The Morgan fingerprint density at radius 2 is 2.04 bits per heavy atom. The van der Waals surface area contributed by atoms with Crippen molar-refractivity contribution in [2.24, 2.45) is 0 Å². The molecule has 27 heavy (non-hydrogen) atoms. The van der Waals surface area contributed by atoms with Crippen molar-refractivity contribution in [2.75, 3.05) is 30.1 Å². The highest BCUT2D eigenvalue weighted by Gasteiger charge is 2.49. The minimum atomic E-state index is -3.25. The molecular weight excluding hydrogens is 392 g/mol.